The molecule has 10 heteroatoms. The number of carbonyl (C=O) groups is 1. The van der Waals surface area contributed by atoms with Crippen LogP contribution in [0.5, 0.6) is 0 Å². The zero-order valence-electron chi connectivity index (χ0n) is 15.1. The van der Waals surface area contributed by atoms with Crippen LogP contribution in [0.2, 0.25) is 5.02 Å². The third-order valence-electron chi connectivity index (χ3n) is 4.84. The van der Waals surface area contributed by atoms with Crippen molar-refractivity contribution in [3.05, 3.63) is 69.2 Å². The summed E-state index contributed by atoms with van der Waals surface area (Å²) < 4.78 is 13.1. The van der Waals surface area contributed by atoms with Crippen LogP contribution in [0, 0.1) is 15.9 Å². The number of hydrogen-bond acceptors (Lipinski definition) is 6. The lowest BCUT2D eigenvalue weighted by Crippen LogP contribution is -2.49. The number of anilines is 1. The summed E-state index contributed by atoms with van der Waals surface area (Å²) in [7, 11) is 0. The minimum Gasteiger partial charge on any atom is -0.352 e. The van der Waals surface area contributed by atoms with E-state index in [1.165, 1.54) is 42.7 Å². The van der Waals surface area contributed by atoms with Crippen molar-refractivity contribution in [3.63, 3.8) is 0 Å². The van der Waals surface area contributed by atoms with Crippen LogP contribution in [-0.2, 0) is 0 Å². The van der Waals surface area contributed by atoms with E-state index < -0.39 is 10.7 Å². The Kier molecular flexibility index (Phi) is 4.98. The minimum atomic E-state index is -0.544. The molecule has 2 heterocycles. The van der Waals surface area contributed by atoms with Gasteiger partial charge in [0, 0.05) is 43.2 Å². The van der Waals surface area contributed by atoms with E-state index in [-0.39, 0.29) is 16.6 Å². The van der Waals surface area contributed by atoms with E-state index in [0.717, 1.165) is 0 Å². The molecule has 0 spiro atoms. The number of aromatic nitrogens is 2. The van der Waals surface area contributed by atoms with Crippen LogP contribution < -0.4 is 4.90 Å². The molecule has 0 unspecified atom stereocenters. The van der Waals surface area contributed by atoms with Gasteiger partial charge in [0.05, 0.1) is 10.4 Å². The van der Waals surface area contributed by atoms with Crippen LogP contribution in [0.3, 0.4) is 0 Å². The Morgan fingerprint density at radius 1 is 1.10 bits per heavy atom. The molecule has 2 aromatic carbocycles. The van der Waals surface area contributed by atoms with Crippen molar-refractivity contribution in [1.82, 2.24) is 14.9 Å². The number of carbonyl (C=O) groups excluding carboxylic acids is 1. The largest absolute Gasteiger partial charge is 0.352 e. The van der Waals surface area contributed by atoms with Gasteiger partial charge in [-0.2, -0.15) is 0 Å². The van der Waals surface area contributed by atoms with Gasteiger partial charge in [-0.25, -0.2) is 14.4 Å². The lowest BCUT2D eigenvalue weighted by molar-refractivity contribution is -0.384. The summed E-state index contributed by atoms with van der Waals surface area (Å²) in [5, 5.41) is 11.8. The maximum Gasteiger partial charge on any atom is 0.288 e. The van der Waals surface area contributed by atoms with Crippen LogP contribution in [0.25, 0.3) is 10.9 Å². The van der Waals surface area contributed by atoms with E-state index in [9.17, 15) is 19.3 Å². The molecule has 8 nitrogen and oxygen atoms in total. The molecule has 0 saturated carbocycles. The summed E-state index contributed by atoms with van der Waals surface area (Å²) >= 11 is 5.97. The molecule has 4 rings (SSSR count). The zero-order valence-corrected chi connectivity index (χ0v) is 15.8. The molecule has 0 N–H and O–H groups in total. The molecule has 0 bridgehead atoms. The highest BCUT2D eigenvalue weighted by Crippen LogP contribution is 2.33. The maximum absolute atomic E-state index is 13.1. The quantitative estimate of drug-likeness (QED) is 0.481. The number of amides is 1. The van der Waals surface area contributed by atoms with Crippen molar-refractivity contribution in [3.8, 4) is 0 Å². The molecule has 1 amide bonds. The molecular weight excluding hydrogens is 401 g/mol. The number of rotatable bonds is 3. The van der Waals surface area contributed by atoms with E-state index in [1.807, 2.05) is 4.90 Å². The molecule has 1 aliphatic rings. The van der Waals surface area contributed by atoms with Crippen LogP contribution in [-0.4, -0.2) is 51.9 Å². The van der Waals surface area contributed by atoms with Gasteiger partial charge in [0.15, 0.2) is 0 Å². The topological polar surface area (TPSA) is 92.5 Å². The second-order valence-electron chi connectivity index (χ2n) is 6.56. The van der Waals surface area contributed by atoms with Gasteiger partial charge < -0.3 is 9.80 Å². The van der Waals surface area contributed by atoms with Gasteiger partial charge in [0.25, 0.3) is 11.6 Å². The van der Waals surface area contributed by atoms with Crippen molar-refractivity contribution in [2.75, 3.05) is 31.1 Å². The first-order valence-electron chi connectivity index (χ1n) is 8.82. The lowest BCUT2D eigenvalue weighted by atomic mass is 10.1. The molecule has 1 fully saturated rings. The number of benzene rings is 2. The van der Waals surface area contributed by atoms with E-state index >= 15 is 0 Å². The summed E-state index contributed by atoms with van der Waals surface area (Å²) in [6.07, 6.45) is 1.38. The first-order valence-corrected chi connectivity index (χ1v) is 9.20. The predicted molar refractivity (Wildman–Crippen MR) is 106 cm³/mol. The molecule has 3 aromatic rings. The zero-order chi connectivity index (χ0) is 20.5. The second kappa shape index (κ2) is 7.59. The molecule has 29 heavy (non-hydrogen) atoms. The summed E-state index contributed by atoms with van der Waals surface area (Å²) in [6.45, 7) is 1.87. The van der Waals surface area contributed by atoms with E-state index in [4.69, 9.17) is 11.6 Å². The summed E-state index contributed by atoms with van der Waals surface area (Å²) in [5.41, 5.74) is 0.730. The maximum atomic E-state index is 13.1. The Bertz CT molecular complexity index is 1100. The van der Waals surface area contributed by atoms with Crippen LogP contribution in [0.15, 0.2) is 42.7 Å². The average Bonchev–Trinajstić information content (AvgIpc) is 2.73. The standard InChI is InChI=1S/C19H15ClFN5O3/c20-15-10-16-14(9-17(15)26(28)29)18(23-11-22-16)24-5-7-25(8-6-24)19(27)12-1-3-13(21)4-2-12/h1-4,9-11H,5-8H2. The van der Waals surface area contributed by atoms with Crippen molar-refractivity contribution < 1.29 is 14.1 Å². The number of nitro groups is 1. The van der Waals surface area contributed by atoms with Gasteiger partial charge in [-0.15, -0.1) is 0 Å². The average molecular weight is 416 g/mol. The number of piperazine rings is 1. The Morgan fingerprint density at radius 3 is 2.45 bits per heavy atom. The summed E-state index contributed by atoms with van der Waals surface area (Å²) in [6, 6.07) is 8.27. The Morgan fingerprint density at radius 2 is 1.79 bits per heavy atom. The van der Waals surface area contributed by atoms with Gasteiger partial charge >= 0.3 is 0 Å². The molecule has 1 saturated heterocycles. The predicted octanol–water partition coefficient (Wildman–Crippen LogP) is 3.29. The summed E-state index contributed by atoms with van der Waals surface area (Å²) in [5.74, 6) is -0.000492. The van der Waals surface area contributed by atoms with Gasteiger partial charge in [-0.3, -0.25) is 14.9 Å². The highest BCUT2D eigenvalue weighted by atomic mass is 35.5. The lowest BCUT2D eigenvalue weighted by Gasteiger charge is -2.35. The monoisotopic (exact) mass is 415 g/mol. The molecule has 148 valence electrons. The first-order chi connectivity index (χ1) is 13.9. The van der Waals surface area contributed by atoms with Gasteiger partial charge in [-0.1, -0.05) is 11.6 Å². The van der Waals surface area contributed by atoms with Crippen LogP contribution >= 0.6 is 11.6 Å². The molecule has 0 radical (unpaired) electrons. The normalized spacial score (nSPS) is 14.3. The number of nitro benzene ring substituents is 1. The molecular formula is C19H15ClFN5O3. The number of hydrogen-bond donors (Lipinski definition) is 0. The smallest absolute Gasteiger partial charge is 0.288 e. The highest BCUT2D eigenvalue weighted by molar-refractivity contribution is 6.33. The van der Waals surface area contributed by atoms with Crippen molar-refractivity contribution >= 4 is 39.9 Å². The fraction of sp³-hybridized carbons (Fsp3) is 0.211. The van der Waals surface area contributed by atoms with Crippen LogP contribution in [0.4, 0.5) is 15.9 Å². The summed E-state index contributed by atoms with van der Waals surface area (Å²) in [4.78, 5) is 35.4. The molecule has 1 aromatic heterocycles. The van der Waals surface area contributed by atoms with Gasteiger partial charge in [0.1, 0.15) is 23.0 Å². The van der Waals surface area contributed by atoms with Gasteiger partial charge in [-0.05, 0) is 30.3 Å². The van der Waals surface area contributed by atoms with Crippen molar-refractivity contribution in [2.24, 2.45) is 0 Å². The molecule has 0 aliphatic carbocycles. The fourth-order valence-corrected chi connectivity index (χ4v) is 3.57. The van der Waals surface area contributed by atoms with E-state index in [0.29, 0.717) is 48.5 Å². The van der Waals surface area contributed by atoms with Crippen molar-refractivity contribution in [2.45, 2.75) is 0 Å². The Hall–Kier alpha value is -3.33. The highest BCUT2D eigenvalue weighted by Gasteiger charge is 2.25. The van der Waals surface area contributed by atoms with Crippen LogP contribution in [0.1, 0.15) is 10.4 Å². The second-order valence-corrected chi connectivity index (χ2v) is 6.97. The Balaban J connectivity index is 1.56. The third-order valence-corrected chi connectivity index (χ3v) is 5.14. The molecule has 0 atom stereocenters. The third kappa shape index (κ3) is 3.68. The molecule has 1 aliphatic heterocycles. The first kappa shape index (κ1) is 19.0. The minimum absolute atomic E-state index is 0.0156. The van der Waals surface area contributed by atoms with Gasteiger partial charge in [0.2, 0.25) is 0 Å². The van der Waals surface area contributed by atoms with E-state index in [1.54, 1.807) is 4.90 Å². The SMILES string of the molecule is O=C(c1ccc(F)cc1)N1CCN(c2ncnc3cc(Cl)c([N+](=O)[O-])cc23)CC1. The van der Waals surface area contributed by atoms with E-state index in [2.05, 4.69) is 9.97 Å². The number of fused-ring (bicyclic) bond motifs is 1. The van der Waals surface area contributed by atoms with Crippen molar-refractivity contribution in [1.29, 1.82) is 0 Å². The Labute approximate surface area is 169 Å². The fourth-order valence-electron chi connectivity index (χ4n) is 3.34. The number of halogens is 2. The number of nitrogens with zero attached hydrogens (tertiary/aromatic N) is 5.